The summed E-state index contributed by atoms with van der Waals surface area (Å²) in [6.45, 7) is 7.08. The second-order valence-corrected chi connectivity index (χ2v) is 7.72. The van der Waals surface area contributed by atoms with Gasteiger partial charge in [-0.3, -0.25) is 9.59 Å². The summed E-state index contributed by atoms with van der Waals surface area (Å²) >= 11 is 1.65. The standard InChI is InChI=1S/C14H25NO3S/c1-14(2,3)19-10-12(16)15-8-6-5-7-11(15)9-13(17)18-4/h11H,5-10H2,1-4H3. The van der Waals surface area contributed by atoms with E-state index < -0.39 is 0 Å². The molecule has 1 aliphatic heterocycles. The topological polar surface area (TPSA) is 46.6 Å². The zero-order chi connectivity index (χ0) is 14.5. The smallest absolute Gasteiger partial charge is 0.307 e. The number of carbonyl (C=O) groups is 2. The van der Waals surface area contributed by atoms with Gasteiger partial charge in [0.05, 0.1) is 19.3 Å². The molecule has 1 amide bonds. The van der Waals surface area contributed by atoms with Crippen LogP contribution in [0.3, 0.4) is 0 Å². The van der Waals surface area contributed by atoms with Gasteiger partial charge in [-0.1, -0.05) is 20.8 Å². The molecule has 1 unspecified atom stereocenters. The number of ether oxygens (including phenoxy) is 1. The van der Waals surface area contributed by atoms with Gasteiger partial charge in [0.25, 0.3) is 0 Å². The average molecular weight is 287 g/mol. The van der Waals surface area contributed by atoms with Gasteiger partial charge in [-0.25, -0.2) is 0 Å². The molecule has 0 saturated carbocycles. The van der Waals surface area contributed by atoms with E-state index in [9.17, 15) is 9.59 Å². The van der Waals surface area contributed by atoms with E-state index in [1.54, 1.807) is 11.8 Å². The molecule has 0 aromatic heterocycles. The number of thioether (sulfide) groups is 1. The summed E-state index contributed by atoms with van der Waals surface area (Å²) in [5, 5.41) is 0. The first kappa shape index (κ1) is 16.3. The Balaban J connectivity index is 2.55. The molecule has 0 radical (unpaired) electrons. The Hall–Kier alpha value is -0.710. The van der Waals surface area contributed by atoms with E-state index in [1.807, 2.05) is 4.90 Å². The fraction of sp³-hybridized carbons (Fsp3) is 0.857. The highest BCUT2D eigenvalue weighted by Gasteiger charge is 2.29. The zero-order valence-corrected chi connectivity index (χ0v) is 13.2. The van der Waals surface area contributed by atoms with Gasteiger partial charge in [-0.2, -0.15) is 0 Å². The third-order valence-electron chi connectivity index (χ3n) is 3.21. The molecule has 1 aliphatic rings. The Kier molecular flexibility index (Phi) is 6.17. The van der Waals surface area contributed by atoms with Crippen molar-refractivity contribution in [3.63, 3.8) is 0 Å². The van der Waals surface area contributed by atoms with Crippen molar-refractivity contribution < 1.29 is 14.3 Å². The SMILES string of the molecule is COC(=O)CC1CCCCN1C(=O)CSC(C)(C)C. The lowest BCUT2D eigenvalue weighted by molar-refractivity contribution is -0.144. The summed E-state index contributed by atoms with van der Waals surface area (Å²) in [6, 6.07) is 0.0225. The Morgan fingerprint density at radius 3 is 2.58 bits per heavy atom. The van der Waals surface area contributed by atoms with Crippen molar-refractivity contribution in [2.24, 2.45) is 0 Å². The van der Waals surface area contributed by atoms with Crippen LogP contribution < -0.4 is 0 Å². The van der Waals surface area contributed by atoms with E-state index in [0.717, 1.165) is 25.8 Å². The number of methoxy groups -OCH3 is 1. The highest BCUT2D eigenvalue weighted by Crippen LogP contribution is 2.26. The van der Waals surface area contributed by atoms with Gasteiger partial charge in [0.1, 0.15) is 0 Å². The molecule has 0 aromatic rings. The number of amides is 1. The van der Waals surface area contributed by atoms with Crippen molar-refractivity contribution in [2.75, 3.05) is 19.4 Å². The number of piperidine rings is 1. The van der Waals surface area contributed by atoms with Gasteiger partial charge in [0, 0.05) is 17.3 Å². The maximum Gasteiger partial charge on any atom is 0.307 e. The van der Waals surface area contributed by atoms with E-state index in [2.05, 4.69) is 20.8 Å². The van der Waals surface area contributed by atoms with Crippen LogP contribution in [0.5, 0.6) is 0 Å². The van der Waals surface area contributed by atoms with Crippen molar-refractivity contribution in [1.29, 1.82) is 0 Å². The van der Waals surface area contributed by atoms with E-state index in [0.29, 0.717) is 12.2 Å². The summed E-state index contributed by atoms with van der Waals surface area (Å²) in [4.78, 5) is 25.6. The summed E-state index contributed by atoms with van der Waals surface area (Å²) in [6.07, 6.45) is 3.34. The van der Waals surface area contributed by atoms with Crippen molar-refractivity contribution in [3.05, 3.63) is 0 Å². The summed E-state index contributed by atoms with van der Waals surface area (Å²) < 4.78 is 4.80. The first-order chi connectivity index (χ1) is 8.83. The zero-order valence-electron chi connectivity index (χ0n) is 12.4. The molecule has 110 valence electrons. The molecule has 0 spiro atoms. The van der Waals surface area contributed by atoms with Crippen LogP contribution in [-0.4, -0.2) is 47.0 Å². The monoisotopic (exact) mass is 287 g/mol. The molecule has 1 fully saturated rings. The molecule has 0 bridgehead atoms. The molecule has 0 N–H and O–H groups in total. The van der Waals surface area contributed by atoms with Gasteiger partial charge < -0.3 is 9.64 Å². The van der Waals surface area contributed by atoms with Crippen LogP contribution in [-0.2, 0) is 14.3 Å². The maximum atomic E-state index is 12.3. The highest BCUT2D eigenvalue weighted by molar-refractivity contribution is 8.01. The van der Waals surface area contributed by atoms with Crippen molar-refractivity contribution in [3.8, 4) is 0 Å². The maximum absolute atomic E-state index is 12.3. The molecule has 0 aliphatic carbocycles. The van der Waals surface area contributed by atoms with Gasteiger partial charge in [-0.05, 0) is 19.3 Å². The van der Waals surface area contributed by atoms with E-state index >= 15 is 0 Å². The largest absolute Gasteiger partial charge is 0.469 e. The van der Waals surface area contributed by atoms with Crippen LogP contribution in [0, 0.1) is 0 Å². The summed E-state index contributed by atoms with van der Waals surface area (Å²) in [5.74, 6) is 0.406. The summed E-state index contributed by atoms with van der Waals surface area (Å²) in [5.41, 5.74) is 0. The van der Waals surface area contributed by atoms with Crippen LogP contribution in [0.1, 0.15) is 46.5 Å². The van der Waals surface area contributed by atoms with Gasteiger partial charge in [0.2, 0.25) is 5.91 Å². The fourth-order valence-electron chi connectivity index (χ4n) is 2.18. The van der Waals surface area contributed by atoms with Crippen molar-refractivity contribution in [2.45, 2.75) is 57.2 Å². The van der Waals surface area contributed by atoms with Crippen LogP contribution in [0.25, 0.3) is 0 Å². The Bertz CT molecular complexity index is 325. The number of likely N-dealkylation sites (tertiary alicyclic amines) is 1. The first-order valence-corrected chi connectivity index (χ1v) is 7.82. The van der Waals surface area contributed by atoms with Crippen LogP contribution in [0.2, 0.25) is 0 Å². The number of rotatable bonds is 4. The van der Waals surface area contributed by atoms with E-state index in [1.165, 1.54) is 7.11 Å². The first-order valence-electron chi connectivity index (χ1n) is 6.84. The highest BCUT2D eigenvalue weighted by atomic mass is 32.2. The minimum Gasteiger partial charge on any atom is -0.469 e. The minimum absolute atomic E-state index is 0.0225. The van der Waals surface area contributed by atoms with Crippen LogP contribution in [0.4, 0.5) is 0 Å². The molecule has 1 heterocycles. The fourth-order valence-corrected chi connectivity index (χ4v) is 2.90. The Morgan fingerprint density at radius 1 is 1.32 bits per heavy atom. The lowest BCUT2D eigenvalue weighted by Gasteiger charge is -2.35. The number of hydrogen-bond acceptors (Lipinski definition) is 4. The molecule has 1 atom stereocenters. The van der Waals surface area contributed by atoms with Gasteiger partial charge >= 0.3 is 5.97 Å². The average Bonchev–Trinajstić information content (AvgIpc) is 2.35. The molecule has 19 heavy (non-hydrogen) atoms. The van der Waals surface area contributed by atoms with Gasteiger partial charge in [0.15, 0.2) is 0 Å². The van der Waals surface area contributed by atoms with Crippen LogP contribution >= 0.6 is 11.8 Å². The van der Waals surface area contributed by atoms with Gasteiger partial charge in [-0.15, -0.1) is 11.8 Å². The molecule has 1 rings (SSSR count). The lowest BCUT2D eigenvalue weighted by Crippen LogP contribution is -2.46. The predicted octanol–water partition coefficient (Wildman–Crippen LogP) is 2.46. The minimum atomic E-state index is -0.229. The summed E-state index contributed by atoms with van der Waals surface area (Å²) in [7, 11) is 1.40. The molecular weight excluding hydrogens is 262 g/mol. The van der Waals surface area contributed by atoms with E-state index in [-0.39, 0.29) is 22.7 Å². The van der Waals surface area contributed by atoms with Crippen molar-refractivity contribution >= 4 is 23.6 Å². The Morgan fingerprint density at radius 2 is 2.00 bits per heavy atom. The number of carbonyl (C=O) groups excluding carboxylic acids is 2. The Labute approximate surface area is 120 Å². The van der Waals surface area contributed by atoms with Crippen molar-refractivity contribution in [1.82, 2.24) is 4.90 Å². The number of esters is 1. The molecular formula is C14H25NO3S. The quantitative estimate of drug-likeness (QED) is 0.745. The molecule has 5 heteroatoms. The lowest BCUT2D eigenvalue weighted by atomic mass is 9.99. The number of hydrogen-bond donors (Lipinski definition) is 0. The predicted molar refractivity (Wildman–Crippen MR) is 78.2 cm³/mol. The second-order valence-electron chi connectivity index (χ2n) is 5.92. The third-order valence-corrected chi connectivity index (χ3v) is 4.46. The number of nitrogens with zero attached hydrogens (tertiary/aromatic N) is 1. The van der Waals surface area contributed by atoms with Crippen LogP contribution in [0.15, 0.2) is 0 Å². The third kappa shape index (κ3) is 5.85. The molecule has 1 saturated heterocycles. The molecule has 0 aromatic carbocycles. The molecule has 4 nitrogen and oxygen atoms in total. The normalized spacial score (nSPS) is 20.2. The second kappa shape index (κ2) is 7.17. The van der Waals surface area contributed by atoms with E-state index in [4.69, 9.17) is 4.74 Å².